The van der Waals surface area contributed by atoms with Crippen molar-refractivity contribution in [3.05, 3.63) is 34.9 Å². The molecule has 0 aliphatic rings. The summed E-state index contributed by atoms with van der Waals surface area (Å²) < 4.78 is 0. The molecule has 0 rings (SSSR count). The second kappa shape index (κ2) is 6.35. The molecule has 3 nitrogen and oxygen atoms in total. The second-order valence-corrected chi connectivity index (χ2v) is 3.96. The summed E-state index contributed by atoms with van der Waals surface area (Å²) in [6.07, 6.45) is 9.32. The van der Waals surface area contributed by atoms with E-state index >= 15 is 0 Å². The zero-order chi connectivity index (χ0) is 11.0. The predicted octanol–water partition coefficient (Wildman–Crippen LogP) is 3.34. The fourth-order valence-electron chi connectivity index (χ4n) is 0.944. The minimum atomic E-state index is -0.838. The van der Waals surface area contributed by atoms with E-state index < -0.39 is 5.54 Å². The van der Waals surface area contributed by atoms with E-state index in [2.05, 4.69) is 6.58 Å². The first-order valence-corrected chi connectivity index (χ1v) is 4.91. The maximum atomic E-state index is 10.5. The lowest BCUT2D eigenvalue weighted by atomic mass is 10.0. The first-order chi connectivity index (χ1) is 6.50. The van der Waals surface area contributed by atoms with E-state index in [9.17, 15) is 10.1 Å². The molecule has 0 heterocycles. The molecule has 0 amide bonds. The van der Waals surface area contributed by atoms with Crippen LogP contribution in [0.15, 0.2) is 24.8 Å². The normalized spacial score (nSPS) is 11.9. The van der Waals surface area contributed by atoms with Crippen LogP contribution in [0.3, 0.4) is 0 Å². The van der Waals surface area contributed by atoms with Gasteiger partial charge in [0.15, 0.2) is 0 Å². The topological polar surface area (TPSA) is 43.1 Å². The van der Waals surface area contributed by atoms with Crippen LogP contribution in [0, 0.1) is 10.1 Å². The number of nitrogens with zero attached hydrogens (tertiary/aromatic N) is 1. The average molecular weight is 197 g/mol. The maximum Gasteiger partial charge on any atom is 0.220 e. The first kappa shape index (κ1) is 12.9. The standard InChI is InChI=1S/C11H19NO2/c1-4-5-6-7-8-9-10-11(2,3)12(13)14/h4,8-9H,1,5-7,10H2,2-3H3/b9-8+. The summed E-state index contributed by atoms with van der Waals surface area (Å²) in [6.45, 7) is 6.91. The second-order valence-electron chi connectivity index (χ2n) is 3.96. The zero-order valence-corrected chi connectivity index (χ0v) is 9.03. The SMILES string of the molecule is C=CCCC/C=C/CC(C)(C)[N+](=O)[O-]. The van der Waals surface area contributed by atoms with Gasteiger partial charge < -0.3 is 0 Å². The highest BCUT2D eigenvalue weighted by atomic mass is 16.6. The van der Waals surface area contributed by atoms with Gasteiger partial charge in [-0.05, 0) is 19.3 Å². The van der Waals surface area contributed by atoms with Gasteiger partial charge in [-0.2, -0.15) is 0 Å². The van der Waals surface area contributed by atoms with Gasteiger partial charge in [0.1, 0.15) is 0 Å². The van der Waals surface area contributed by atoms with E-state index in [1.807, 2.05) is 18.2 Å². The Labute approximate surface area is 85.7 Å². The van der Waals surface area contributed by atoms with Gasteiger partial charge in [-0.1, -0.05) is 18.2 Å². The van der Waals surface area contributed by atoms with Crippen molar-refractivity contribution in [2.24, 2.45) is 0 Å². The summed E-state index contributed by atoms with van der Waals surface area (Å²) in [5, 5.41) is 10.5. The Bertz CT molecular complexity index is 219. The van der Waals surface area contributed by atoms with Crippen LogP contribution in [0.1, 0.15) is 39.5 Å². The van der Waals surface area contributed by atoms with Gasteiger partial charge in [-0.3, -0.25) is 10.1 Å². The Kier molecular flexibility index (Phi) is 5.84. The summed E-state index contributed by atoms with van der Waals surface area (Å²) in [6, 6.07) is 0. The van der Waals surface area contributed by atoms with Crippen LogP contribution >= 0.6 is 0 Å². The van der Waals surface area contributed by atoms with Crippen LogP contribution < -0.4 is 0 Å². The smallest absolute Gasteiger partial charge is 0.220 e. The fourth-order valence-corrected chi connectivity index (χ4v) is 0.944. The van der Waals surface area contributed by atoms with Gasteiger partial charge >= 0.3 is 0 Å². The molecule has 0 aromatic heterocycles. The van der Waals surface area contributed by atoms with Crippen LogP contribution in [0.5, 0.6) is 0 Å². The molecule has 0 fully saturated rings. The molecule has 0 aromatic carbocycles. The minimum absolute atomic E-state index is 0.235. The van der Waals surface area contributed by atoms with Crippen molar-refractivity contribution in [2.75, 3.05) is 0 Å². The van der Waals surface area contributed by atoms with E-state index in [4.69, 9.17) is 0 Å². The van der Waals surface area contributed by atoms with E-state index in [1.165, 1.54) is 0 Å². The molecule has 0 bridgehead atoms. The molecule has 0 saturated heterocycles. The average Bonchev–Trinajstić information content (AvgIpc) is 2.10. The van der Waals surface area contributed by atoms with E-state index in [1.54, 1.807) is 13.8 Å². The molecular formula is C11H19NO2. The lowest BCUT2D eigenvalue weighted by molar-refractivity contribution is -0.559. The van der Waals surface area contributed by atoms with Gasteiger partial charge in [-0.15, -0.1) is 6.58 Å². The van der Waals surface area contributed by atoms with Crippen molar-refractivity contribution in [1.82, 2.24) is 0 Å². The molecular weight excluding hydrogens is 178 g/mol. The van der Waals surface area contributed by atoms with Crippen molar-refractivity contribution in [3.63, 3.8) is 0 Å². The Morgan fingerprint density at radius 2 is 2.00 bits per heavy atom. The fraction of sp³-hybridized carbons (Fsp3) is 0.636. The summed E-state index contributed by atoms with van der Waals surface area (Å²) in [7, 11) is 0. The lowest BCUT2D eigenvalue weighted by Crippen LogP contribution is -2.29. The molecule has 0 N–H and O–H groups in total. The number of hydrogen-bond acceptors (Lipinski definition) is 2. The number of nitro groups is 1. The van der Waals surface area contributed by atoms with Crippen molar-refractivity contribution in [2.45, 2.75) is 45.1 Å². The molecule has 0 aliphatic heterocycles. The Hall–Kier alpha value is -1.12. The summed E-state index contributed by atoms with van der Waals surface area (Å²) in [5.41, 5.74) is -0.838. The predicted molar refractivity (Wildman–Crippen MR) is 58.9 cm³/mol. The number of unbranched alkanes of at least 4 members (excludes halogenated alkanes) is 2. The molecule has 14 heavy (non-hydrogen) atoms. The molecule has 0 spiro atoms. The summed E-state index contributed by atoms with van der Waals surface area (Å²) >= 11 is 0. The number of hydrogen-bond donors (Lipinski definition) is 0. The van der Waals surface area contributed by atoms with Crippen LogP contribution in [-0.2, 0) is 0 Å². The summed E-state index contributed by atoms with van der Waals surface area (Å²) in [5.74, 6) is 0. The first-order valence-electron chi connectivity index (χ1n) is 4.91. The van der Waals surface area contributed by atoms with Gasteiger partial charge in [0.2, 0.25) is 5.54 Å². The highest BCUT2D eigenvalue weighted by Gasteiger charge is 2.28. The maximum absolute atomic E-state index is 10.5. The molecule has 0 atom stereocenters. The van der Waals surface area contributed by atoms with Crippen molar-refractivity contribution < 1.29 is 4.92 Å². The highest BCUT2D eigenvalue weighted by molar-refractivity contribution is 4.88. The zero-order valence-electron chi connectivity index (χ0n) is 9.03. The van der Waals surface area contributed by atoms with Gasteiger partial charge in [-0.25, -0.2) is 0 Å². The molecule has 3 heteroatoms. The molecule has 80 valence electrons. The Morgan fingerprint density at radius 3 is 2.50 bits per heavy atom. The lowest BCUT2D eigenvalue weighted by Gasteiger charge is -2.12. The van der Waals surface area contributed by atoms with Crippen LogP contribution in [0.4, 0.5) is 0 Å². The largest absolute Gasteiger partial charge is 0.264 e. The highest BCUT2D eigenvalue weighted by Crippen LogP contribution is 2.13. The third-order valence-corrected chi connectivity index (χ3v) is 2.06. The Morgan fingerprint density at radius 1 is 1.36 bits per heavy atom. The number of rotatable bonds is 7. The number of allylic oxidation sites excluding steroid dienone is 2. The molecule has 0 unspecified atom stereocenters. The van der Waals surface area contributed by atoms with Gasteiger partial charge in [0.25, 0.3) is 0 Å². The molecule has 0 saturated carbocycles. The van der Waals surface area contributed by atoms with Gasteiger partial charge in [0.05, 0.1) is 0 Å². The van der Waals surface area contributed by atoms with Crippen LogP contribution in [0.2, 0.25) is 0 Å². The van der Waals surface area contributed by atoms with E-state index in [0.717, 1.165) is 19.3 Å². The van der Waals surface area contributed by atoms with Gasteiger partial charge in [0, 0.05) is 25.2 Å². The quantitative estimate of drug-likeness (QED) is 0.272. The summed E-state index contributed by atoms with van der Waals surface area (Å²) in [4.78, 5) is 10.3. The third kappa shape index (κ3) is 5.51. The Balaban J connectivity index is 3.70. The van der Waals surface area contributed by atoms with Crippen LogP contribution in [-0.4, -0.2) is 10.5 Å². The molecule has 0 aliphatic carbocycles. The van der Waals surface area contributed by atoms with Crippen molar-refractivity contribution >= 4 is 0 Å². The van der Waals surface area contributed by atoms with Crippen molar-refractivity contribution in [3.8, 4) is 0 Å². The van der Waals surface area contributed by atoms with Crippen molar-refractivity contribution in [1.29, 1.82) is 0 Å². The monoisotopic (exact) mass is 197 g/mol. The minimum Gasteiger partial charge on any atom is -0.264 e. The van der Waals surface area contributed by atoms with E-state index in [-0.39, 0.29) is 4.92 Å². The van der Waals surface area contributed by atoms with Crippen LogP contribution in [0.25, 0.3) is 0 Å². The van der Waals surface area contributed by atoms with E-state index in [0.29, 0.717) is 6.42 Å². The molecule has 0 radical (unpaired) electrons. The molecule has 0 aromatic rings. The third-order valence-electron chi connectivity index (χ3n) is 2.06.